The molecule has 0 amide bonds. The van der Waals surface area contributed by atoms with Gasteiger partial charge in [0, 0.05) is 12.1 Å². The van der Waals surface area contributed by atoms with Crippen LogP contribution in [0.2, 0.25) is 0 Å². The number of aliphatic hydroxyl groups is 1. The molecule has 1 saturated carbocycles. The average molecular weight is 286 g/mol. The van der Waals surface area contributed by atoms with E-state index in [1.165, 1.54) is 0 Å². The standard InChI is InChI=1S/C17H22N2O2/c1-19(13-17(20)9-5-6-10-17)12-16-18-11-15(21-16)14-7-3-2-4-8-14/h2-4,7-8,11,20H,5-6,9-10,12-13H2,1H3. The zero-order valence-corrected chi connectivity index (χ0v) is 12.5. The maximum absolute atomic E-state index is 10.4. The van der Waals surface area contributed by atoms with Crippen LogP contribution in [0.15, 0.2) is 40.9 Å². The summed E-state index contributed by atoms with van der Waals surface area (Å²) in [4.78, 5) is 6.43. The van der Waals surface area contributed by atoms with Crippen LogP contribution in [0.3, 0.4) is 0 Å². The highest BCUT2D eigenvalue weighted by Crippen LogP contribution is 2.30. The van der Waals surface area contributed by atoms with Gasteiger partial charge in [-0.3, -0.25) is 4.90 Å². The molecule has 4 heteroatoms. The molecule has 1 heterocycles. The van der Waals surface area contributed by atoms with Crippen molar-refractivity contribution < 1.29 is 9.52 Å². The van der Waals surface area contributed by atoms with E-state index < -0.39 is 5.60 Å². The van der Waals surface area contributed by atoms with Crippen molar-refractivity contribution in [2.24, 2.45) is 0 Å². The van der Waals surface area contributed by atoms with E-state index in [0.717, 1.165) is 37.0 Å². The lowest BCUT2D eigenvalue weighted by Crippen LogP contribution is -2.38. The quantitative estimate of drug-likeness (QED) is 0.917. The normalized spacial score (nSPS) is 17.5. The van der Waals surface area contributed by atoms with Gasteiger partial charge in [0.15, 0.2) is 5.76 Å². The van der Waals surface area contributed by atoms with Crippen molar-refractivity contribution in [2.75, 3.05) is 13.6 Å². The Morgan fingerprint density at radius 1 is 1.24 bits per heavy atom. The van der Waals surface area contributed by atoms with Gasteiger partial charge in [0.1, 0.15) is 0 Å². The summed E-state index contributed by atoms with van der Waals surface area (Å²) >= 11 is 0. The number of hydrogen-bond acceptors (Lipinski definition) is 4. The van der Waals surface area contributed by atoms with Crippen LogP contribution in [0.5, 0.6) is 0 Å². The Labute approximate surface area is 125 Å². The molecule has 0 aliphatic heterocycles. The van der Waals surface area contributed by atoms with Crippen molar-refractivity contribution in [2.45, 2.75) is 37.8 Å². The molecule has 0 saturated heterocycles. The van der Waals surface area contributed by atoms with E-state index in [1.54, 1.807) is 6.20 Å². The van der Waals surface area contributed by atoms with E-state index in [9.17, 15) is 5.11 Å². The van der Waals surface area contributed by atoms with Gasteiger partial charge < -0.3 is 9.52 Å². The van der Waals surface area contributed by atoms with Gasteiger partial charge in [0.2, 0.25) is 5.89 Å². The second kappa shape index (κ2) is 6.00. The van der Waals surface area contributed by atoms with Crippen LogP contribution in [0.4, 0.5) is 0 Å². The minimum atomic E-state index is -0.524. The number of aromatic nitrogens is 1. The minimum Gasteiger partial charge on any atom is -0.439 e. The maximum Gasteiger partial charge on any atom is 0.209 e. The zero-order valence-electron chi connectivity index (χ0n) is 12.5. The predicted octanol–water partition coefficient (Wildman–Crippen LogP) is 3.08. The van der Waals surface area contributed by atoms with Crippen LogP contribution in [0.1, 0.15) is 31.6 Å². The third-order valence-corrected chi connectivity index (χ3v) is 4.12. The first-order valence-electron chi connectivity index (χ1n) is 7.56. The van der Waals surface area contributed by atoms with Crippen LogP contribution >= 0.6 is 0 Å². The summed E-state index contributed by atoms with van der Waals surface area (Å²) in [5.41, 5.74) is 0.511. The number of likely N-dealkylation sites (N-methyl/N-ethyl adjacent to an activating group) is 1. The van der Waals surface area contributed by atoms with E-state index >= 15 is 0 Å². The summed E-state index contributed by atoms with van der Waals surface area (Å²) in [6.45, 7) is 1.30. The second-order valence-corrected chi connectivity index (χ2v) is 6.09. The Morgan fingerprint density at radius 2 is 1.95 bits per heavy atom. The van der Waals surface area contributed by atoms with E-state index in [0.29, 0.717) is 19.0 Å². The van der Waals surface area contributed by atoms with Crippen molar-refractivity contribution in [3.05, 3.63) is 42.4 Å². The maximum atomic E-state index is 10.4. The number of benzene rings is 1. The summed E-state index contributed by atoms with van der Waals surface area (Å²) in [6.07, 6.45) is 5.82. The molecule has 0 spiro atoms. The predicted molar refractivity (Wildman–Crippen MR) is 81.7 cm³/mol. The van der Waals surface area contributed by atoms with Gasteiger partial charge in [-0.05, 0) is 19.9 Å². The van der Waals surface area contributed by atoms with Gasteiger partial charge in [0.25, 0.3) is 0 Å². The first-order valence-corrected chi connectivity index (χ1v) is 7.56. The van der Waals surface area contributed by atoms with Crippen LogP contribution in [-0.2, 0) is 6.54 Å². The number of nitrogens with zero attached hydrogens (tertiary/aromatic N) is 2. The molecular formula is C17H22N2O2. The van der Waals surface area contributed by atoms with Crippen LogP contribution in [0, 0.1) is 0 Å². The van der Waals surface area contributed by atoms with Crippen LogP contribution in [0.25, 0.3) is 11.3 Å². The average Bonchev–Trinajstić information content (AvgIpc) is 3.09. The molecule has 4 nitrogen and oxygen atoms in total. The number of oxazole rings is 1. The van der Waals surface area contributed by atoms with Crippen molar-refractivity contribution in [1.29, 1.82) is 0 Å². The summed E-state index contributed by atoms with van der Waals surface area (Å²) in [5.74, 6) is 1.48. The van der Waals surface area contributed by atoms with Crippen molar-refractivity contribution >= 4 is 0 Å². The Kier molecular flexibility index (Phi) is 4.08. The molecule has 0 unspecified atom stereocenters. The Hall–Kier alpha value is -1.65. The van der Waals surface area contributed by atoms with E-state index in [-0.39, 0.29) is 0 Å². The molecule has 112 valence electrons. The Balaban J connectivity index is 1.62. The number of rotatable bonds is 5. The lowest BCUT2D eigenvalue weighted by Gasteiger charge is -2.27. The highest BCUT2D eigenvalue weighted by atomic mass is 16.4. The van der Waals surface area contributed by atoms with Gasteiger partial charge in [-0.15, -0.1) is 0 Å². The summed E-state index contributed by atoms with van der Waals surface area (Å²) in [5, 5.41) is 10.4. The highest BCUT2D eigenvalue weighted by Gasteiger charge is 2.32. The summed E-state index contributed by atoms with van der Waals surface area (Å²) < 4.78 is 5.80. The molecule has 2 aromatic rings. The summed E-state index contributed by atoms with van der Waals surface area (Å²) in [6, 6.07) is 9.97. The fourth-order valence-corrected chi connectivity index (χ4v) is 3.10. The smallest absolute Gasteiger partial charge is 0.209 e. The minimum absolute atomic E-state index is 0.524. The molecular weight excluding hydrogens is 264 g/mol. The molecule has 1 aromatic carbocycles. The Morgan fingerprint density at radius 3 is 2.67 bits per heavy atom. The fourth-order valence-electron chi connectivity index (χ4n) is 3.10. The van der Waals surface area contributed by atoms with Gasteiger partial charge in [-0.25, -0.2) is 4.98 Å². The third-order valence-electron chi connectivity index (χ3n) is 4.12. The largest absolute Gasteiger partial charge is 0.439 e. The van der Waals surface area contributed by atoms with Crippen LogP contribution in [-0.4, -0.2) is 34.2 Å². The van der Waals surface area contributed by atoms with E-state index in [4.69, 9.17) is 4.42 Å². The zero-order chi connectivity index (χ0) is 14.7. The SMILES string of the molecule is CN(Cc1ncc(-c2ccccc2)o1)CC1(O)CCCC1. The molecule has 21 heavy (non-hydrogen) atoms. The summed E-state index contributed by atoms with van der Waals surface area (Å²) in [7, 11) is 2.00. The molecule has 0 radical (unpaired) electrons. The van der Waals surface area contributed by atoms with Gasteiger partial charge >= 0.3 is 0 Å². The van der Waals surface area contributed by atoms with E-state index in [1.807, 2.05) is 37.4 Å². The molecule has 1 aliphatic carbocycles. The lowest BCUT2D eigenvalue weighted by atomic mass is 10.0. The van der Waals surface area contributed by atoms with Gasteiger partial charge in [0.05, 0.1) is 18.3 Å². The first kappa shape index (κ1) is 14.3. The molecule has 1 N–H and O–H groups in total. The molecule has 1 aliphatic rings. The van der Waals surface area contributed by atoms with Gasteiger partial charge in [-0.2, -0.15) is 0 Å². The van der Waals surface area contributed by atoms with Crippen LogP contribution < -0.4 is 0 Å². The third kappa shape index (κ3) is 3.52. The molecule has 1 fully saturated rings. The van der Waals surface area contributed by atoms with Crippen molar-refractivity contribution in [3.63, 3.8) is 0 Å². The number of hydrogen-bond donors (Lipinski definition) is 1. The Bertz CT molecular complexity index is 573. The fraction of sp³-hybridized carbons (Fsp3) is 0.471. The lowest BCUT2D eigenvalue weighted by molar-refractivity contribution is 0.0128. The first-order chi connectivity index (χ1) is 10.1. The molecule has 0 bridgehead atoms. The molecule has 3 rings (SSSR count). The van der Waals surface area contributed by atoms with E-state index in [2.05, 4.69) is 9.88 Å². The molecule has 1 aromatic heterocycles. The second-order valence-electron chi connectivity index (χ2n) is 6.09. The van der Waals surface area contributed by atoms with Crippen molar-refractivity contribution in [3.8, 4) is 11.3 Å². The van der Waals surface area contributed by atoms with Gasteiger partial charge in [-0.1, -0.05) is 43.2 Å². The topological polar surface area (TPSA) is 49.5 Å². The monoisotopic (exact) mass is 286 g/mol. The highest BCUT2D eigenvalue weighted by molar-refractivity contribution is 5.55. The van der Waals surface area contributed by atoms with Crippen molar-refractivity contribution in [1.82, 2.24) is 9.88 Å². The molecule has 0 atom stereocenters.